The molecule has 1 rings (SSSR count). The van der Waals surface area contributed by atoms with E-state index in [1.807, 2.05) is 6.92 Å². The summed E-state index contributed by atoms with van der Waals surface area (Å²) in [6, 6.07) is 5.91. The maximum Gasteiger partial charge on any atom is 0.229 e. The lowest BCUT2D eigenvalue weighted by Gasteiger charge is -2.14. The highest BCUT2D eigenvalue weighted by Crippen LogP contribution is 2.54. The van der Waals surface area contributed by atoms with Gasteiger partial charge in [0.1, 0.15) is 5.82 Å². The molecule has 0 aliphatic carbocycles. The summed E-state index contributed by atoms with van der Waals surface area (Å²) in [6.07, 6.45) is 1.63. The van der Waals surface area contributed by atoms with Crippen molar-refractivity contribution in [2.45, 2.75) is 19.8 Å². The van der Waals surface area contributed by atoms with Gasteiger partial charge in [-0.05, 0) is 12.5 Å². The second-order valence-electron chi connectivity index (χ2n) is 3.71. The third-order valence-electron chi connectivity index (χ3n) is 2.42. The van der Waals surface area contributed by atoms with Gasteiger partial charge in [0.2, 0.25) is 7.37 Å². The van der Waals surface area contributed by atoms with Crippen LogP contribution in [0.5, 0.6) is 0 Å². The van der Waals surface area contributed by atoms with Gasteiger partial charge in [-0.1, -0.05) is 38.1 Å². The van der Waals surface area contributed by atoms with Gasteiger partial charge in [-0.15, -0.1) is 0 Å². The van der Waals surface area contributed by atoms with E-state index in [0.717, 1.165) is 6.42 Å². The number of hydrogen-bond acceptors (Lipinski definition) is 1. The molecule has 0 spiro atoms. The first-order valence-corrected chi connectivity index (χ1v) is 7.09. The molecule has 0 fully saturated rings. The second kappa shape index (κ2) is 5.42. The molecule has 0 radical (unpaired) electrons. The Labute approximate surface area is 95.3 Å². The van der Waals surface area contributed by atoms with Gasteiger partial charge in [0.05, 0.1) is 0 Å². The van der Waals surface area contributed by atoms with E-state index in [2.05, 4.69) is 6.58 Å². The van der Waals surface area contributed by atoms with Crippen LogP contribution in [0.4, 0.5) is 4.39 Å². The summed E-state index contributed by atoms with van der Waals surface area (Å²) in [5.74, 6) is -0.502. The Kier molecular flexibility index (Phi) is 4.45. The van der Waals surface area contributed by atoms with E-state index >= 15 is 0 Å². The van der Waals surface area contributed by atoms with E-state index in [-0.39, 0.29) is 17.0 Å². The van der Waals surface area contributed by atoms with Crippen LogP contribution < -0.4 is 0 Å². The van der Waals surface area contributed by atoms with E-state index in [1.54, 1.807) is 12.1 Å². The molecule has 88 valence electrons. The molecular formula is C12H16FO2P. The zero-order valence-electron chi connectivity index (χ0n) is 9.32. The number of hydrogen-bond donors (Lipinski definition) is 1. The molecule has 4 heteroatoms. The smallest absolute Gasteiger partial charge is 0.229 e. The van der Waals surface area contributed by atoms with E-state index < -0.39 is 13.2 Å². The zero-order valence-corrected chi connectivity index (χ0v) is 10.2. The van der Waals surface area contributed by atoms with E-state index in [1.165, 1.54) is 12.1 Å². The molecule has 0 amide bonds. The summed E-state index contributed by atoms with van der Waals surface area (Å²) in [7, 11) is -3.48. The molecule has 0 aliphatic rings. The molecule has 0 saturated heterocycles. The minimum Gasteiger partial charge on any atom is -0.341 e. The molecule has 16 heavy (non-hydrogen) atoms. The van der Waals surface area contributed by atoms with Gasteiger partial charge in [-0.2, -0.15) is 0 Å². The maximum atomic E-state index is 13.4. The van der Waals surface area contributed by atoms with Crippen LogP contribution in [-0.4, -0.2) is 11.1 Å². The van der Waals surface area contributed by atoms with Crippen molar-refractivity contribution >= 4 is 12.7 Å². The molecule has 0 bridgehead atoms. The van der Waals surface area contributed by atoms with Crippen molar-refractivity contribution in [1.29, 1.82) is 0 Å². The molecule has 0 saturated carbocycles. The Bertz CT molecular complexity index is 429. The summed E-state index contributed by atoms with van der Waals surface area (Å²) in [5, 5.41) is 0.0130. The van der Waals surface area contributed by atoms with Crippen LogP contribution in [0.3, 0.4) is 0 Å². The quantitative estimate of drug-likeness (QED) is 0.796. The molecular weight excluding hydrogens is 226 g/mol. The number of unbranched alkanes of at least 4 members (excludes halogenated alkanes) is 1. The highest BCUT2D eigenvalue weighted by atomic mass is 31.2. The van der Waals surface area contributed by atoms with Crippen LogP contribution >= 0.6 is 7.37 Å². The van der Waals surface area contributed by atoms with Crippen molar-refractivity contribution < 1.29 is 13.8 Å². The lowest BCUT2D eigenvalue weighted by Crippen LogP contribution is -1.94. The van der Waals surface area contributed by atoms with Gasteiger partial charge < -0.3 is 4.89 Å². The number of halogens is 1. The second-order valence-corrected chi connectivity index (χ2v) is 6.10. The first kappa shape index (κ1) is 13.1. The monoisotopic (exact) mass is 242 g/mol. The van der Waals surface area contributed by atoms with Crippen molar-refractivity contribution in [3.63, 3.8) is 0 Å². The van der Waals surface area contributed by atoms with Gasteiger partial charge >= 0.3 is 0 Å². The number of rotatable bonds is 5. The predicted molar refractivity (Wildman–Crippen MR) is 65.0 cm³/mol. The Balaban J connectivity index is 2.94. The molecule has 1 aromatic carbocycles. The fourth-order valence-electron chi connectivity index (χ4n) is 1.39. The summed E-state index contributed by atoms with van der Waals surface area (Å²) < 4.78 is 25.3. The normalized spacial score (nSPS) is 14.4. The van der Waals surface area contributed by atoms with E-state index in [0.29, 0.717) is 6.42 Å². The summed E-state index contributed by atoms with van der Waals surface area (Å²) in [5.41, 5.74) is 0.143. The van der Waals surface area contributed by atoms with Gasteiger partial charge in [0, 0.05) is 17.0 Å². The van der Waals surface area contributed by atoms with E-state index in [9.17, 15) is 13.8 Å². The first-order chi connectivity index (χ1) is 7.49. The van der Waals surface area contributed by atoms with Gasteiger partial charge in [-0.3, -0.25) is 4.57 Å². The highest BCUT2D eigenvalue weighted by Gasteiger charge is 2.24. The van der Waals surface area contributed by atoms with Crippen LogP contribution in [0.15, 0.2) is 30.8 Å². The molecule has 0 aromatic heterocycles. The SMILES string of the molecule is C=C(c1ccccc1F)P(=O)(O)CCCC. The van der Waals surface area contributed by atoms with Gasteiger partial charge in [0.15, 0.2) is 0 Å². The fraction of sp³-hybridized carbons (Fsp3) is 0.333. The van der Waals surface area contributed by atoms with E-state index in [4.69, 9.17) is 0 Å². The molecule has 1 unspecified atom stereocenters. The molecule has 2 nitrogen and oxygen atoms in total. The molecule has 1 aromatic rings. The highest BCUT2D eigenvalue weighted by molar-refractivity contribution is 7.68. The molecule has 0 heterocycles. The Morgan fingerprint density at radius 1 is 1.50 bits per heavy atom. The average Bonchev–Trinajstić information content (AvgIpc) is 2.26. The standard InChI is InChI=1S/C12H16FO2P/c1-3-4-9-16(14,15)10(2)11-7-5-6-8-12(11)13/h5-8H,2-4,9H2,1H3,(H,14,15). The van der Waals surface area contributed by atoms with Crippen molar-refractivity contribution in [2.75, 3.05) is 6.16 Å². The third-order valence-corrected chi connectivity index (χ3v) is 4.43. The predicted octanol–water partition coefficient (Wildman–Crippen LogP) is 3.87. The Hall–Kier alpha value is -0.920. The molecule has 1 N–H and O–H groups in total. The van der Waals surface area contributed by atoms with Gasteiger partial charge in [-0.25, -0.2) is 4.39 Å². The minimum atomic E-state index is -3.48. The van der Waals surface area contributed by atoms with Crippen LogP contribution in [0, 0.1) is 5.82 Å². The third kappa shape index (κ3) is 3.03. The topological polar surface area (TPSA) is 37.3 Å². The molecule has 0 aliphatic heterocycles. The number of benzene rings is 1. The zero-order chi connectivity index (χ0) is 12.2. The first-order valence-electron chi connectivity index (χ1n) is 5.25. The summed E-state index contributed by atoms with van der Waals surface area (Å²) in [6.45, 7) is 5.49. The van der Waals surface area contributed by atoms with Crippen LogP contribution in [0.1, 0.15) is 25.3 Å². The fourth-order valence-corrected chi connectivity index (χ4v) is 2.96. The Morgan fingerprint density at radius 3 is 2.69 bits per heavy atom. The lowest BCUT2D eigenvalue weighted by atomic mass is 10.2. The van der Waals surface area contributed by atoms with Crippen molar-refractivity contribution in [3.8, 4) is 0 Å². The van der Waals surface area contributed by atoms with Gasteiger partial charge in [0.25, 0.3) is 0 Å². The van der Waals surface area contributed by atoms with Crippen molar-refractivity contribution in [2.24, 2.45) is 0 Å². The molecule has 1 atom stereocenters. The average molecular weight is 242 g/mol. The van der Waals surface area contributed by atoms with Crippen molar-refractivity contribution in [1.82, 2.24) is 0 Å². The van der Waals surface area contributed by atoms with Crippen LogP contribution in [0.2, 0.25) is 0 Å². The van der Waals surface area contributed by atoms with Crippen LogP contribution in [0.25, 0.3) is 5.31 Å². The van der Waals surface area contributed by atoms with Crippen LogP contribution in [-0.2, 0) is 4.57 Å². The summed E-state index contributed by atoms with van der Waals surface area (Å²) in [4.78, 5) is 9.78. The largest absolute Gasteiger partial charge is 0.341 e. The minimum absolute atomic E-state index is 0.0130. The Morgan fingerprint density at radius 2 is 2.12 bits per heavy atom. The lowest BCUT2D eigenvalue weighted by molar-refractivity contribution is 0.488. The van der Waals surface area contributed by atoms with Crippen molar-refractivity contribution in [3.05, 3.63) is 42.2 Å². The maximum absolute atomic E-state index is 13.4. The summed E-state index contributed by atoms with van der Waals surface area (Å²) >= 11 is 0.